The van der Waals surface area contributed by atoms with Crippen molar-refractivity contribution < 1.29 is 19.0 Å². The Labute approximate surface area is 183 Å². The molecule has 1 N–H and O–H groups in total. The summed E-state index contributed by atoms with van der Waals surface area (Å²) in [5.41, 5.74) is 8.40. The number of ether oxygens (including phenoxy) is 3. The van der Waals surface area contributed by atoms with Crippen molar-refractivity contribution in [2.75, 3.05) is 26.4 Å². The van der Waals surface area contributed by atoms with E-state index in [-0.39, 0.29) is 18.1 Å². The zero-order chi connectivity index (χ0) is 22.9. The van der Waals surface area contributed by atoms with Gasteiger partial charge in [-0.1, -0.05) is 24.4 Å². The summed E-state index contributed by atoms with van der Waals surface area (Å²) in [6.45, 7) is 14.5. The van der Waals surface area contributed by atoms with E-state index in [0.717, 1.165) is 19.4 Å². The fourth-order valence-corrected chi connectivity index (χ4v) is 2.66. The van der Waals surface area contributed by atoms with Crippen LogP contribution < -0.4 is 5.32 Å². The van der Waals surface area contributed by atoms with Crippen LogP contribution in [0.4, 0.5) is 0 Å². The maximum atomic E-state index is 11.6. The molecular weight excluding hydrogens is 384 g/mol. The molecular formula is C22H44N4O4. The van der Waals surface area contributed by atoms with Gasteiger partial charge in [0, 0.05) is 30.1 Å². The molecule has 0 rings (SSSR count). The second-order valence-corrected chi connectivity index (χ2v) is 9.59. The van der Waals surface area contributed by atoms with Gasteiger partial charge < -0.3 is 19.5 Å². The SMILES string of the molecule is CC(C)(C)NCCCCCCCOCC(N=[N+]=[N-])OCCCCC(=O)OC(C)(C)C. The highest BCUT2D eigenvalue weighted by Gasteiger charge is 2.15. The lowest BCUT2D eigenvalue weighted by Gasteiger charge is -2.20. The average Bonchev–Trinajstić information content (AvgIpc) is 2.60. The van der Waals surface area contributed by atoms with Crippen LogP contribution in [0, 0.1) is 0 Å². The lowest BCUT2D eigenvalue weighted by atomic mass is 10.1. The summed E-state index contributed by atoms with van der Waals surface area (Å²) < 4.78 is 16.4. The van der Waals surface area contributed by atoms with E-state index in [1.807, 2.05) is 20.8 Å². The molecule has 1 unspecified atom stereocenters. The zero-order valence-corrected chi connectivity index (χ0v) is 20.0. The predicted octanol–water partition coefficient (Wildman–Crippen LogP) is 5.51. The van der Waals surface area contributed by atoms with E-state index in [9.17, 15) is 4.79 Å². The second kappa shape index (κ2) is 16.4. The van der Waals surface area contributed by atoms with Crippen molar-refractivity contribution in [3.63, 3.8) is 0 Å². The lowest BCUT2D eigenvalue weighted by Crippen LogP contribution is -2.36. The Morgan fingerprint density at radius 2 is 1.60 bits per heavy atom. The number of azide groups is 1. The summed E-state index contributed by atoms with van der Waals surface area (Å²) in [6, 6.07) is 0. The molecule has 0 amide bonds. The molecule has 8 nitrogen and oxygen atoms in total. The number of nitrogens with one attached hydrogen (secondary N) is 1. The quantitative estimate of drug-likeness (QED) is 0.108. The predicted molar refractivity (Wildman–Crippen MR) is 120 cm³/mol. The summed E-state index contributed by atoms with van der Waals surface area (Å²) in [7, 11) is 0. The minimum Gasteiger partial charge on any atom is -0.460 e. The van der Waals surface area contributed by atoms with Gasteiger partial charge in [0.1, 0.15) is 5.60 Å². The van der Waals surface area contributed by atoms with E-state index >= 15 is 0 Å². The van der Waals surface area contributed by atoms with Gasteiger partial charge in [-0.2, -0.15) is 0 Å². The first-order chi connectivity index (χ1) is 14.0. The molecule has 176 valence electrons. The molecule has 0 fully saturated rings. The summed E-state index contributed by atoms with van der Waals surface area (Å²) in [5, 5.41) is 7.12. The molecule has 0 aliphatic rings. The van der Waals surface area contributed by atoms with Crippen molar-refractivity contribution in [1.82, 2.24) is 5.32 Å². The Bertz CT molecular complexity index is 494. The zero-order valence-electron chi connectivity index (χ0n) is 20.0. The molecule has 8 heteroatoms. The van der Waals surface area contributed by atoms with Crippen molar-refractivity contribution in [2.45, 2.75) is 110 Å². The number of rotatable bonds is 17. The number of hydrogen-bond donors (Lipinski definition) is 1. The molecule has 0 aliphatic carbocycles. The normalized spacial score (nSPS) is 13.0. The number of hydrogen-bond acceptors (Lipinski definition) is 6. The molecule has 1 atom stereocenters. The molecule has 0 aromatic rings. The van der Waals surface area contributed by atoms with Crippen molar-refractivity contribution in [2.24, 2.45) is 5.11 Å². The summed E-state index contributed by atoms with van der Waals surface area (Å²) >= 11 is 0. The van der Waals surface area contributed by atoms with E-state index in [2.05, 4.69) is 36.1 Å². The maximum absolute atomic E-state index is 11.6. The van der Waals surface area contributed by atoms with Gasteiger partial charge in [-0.3, -0.25) is 4.79 Å². The van der Waals surface area contributed by atoms with Crippen LogP contribution in [0.25, 0.3) is 10.4 Å². The van der Waals surface area contributed by atoms with Crippen LogP contribution in [0.3, 0.4) is 0 Å². The first-order valence-corrected chi connectivity index (χ1v) is 11.2. The standard InChI is InChI=1S/C22H44N4O4/c1-21(2,3)24-15-11-8-7-9-12-16-28-18-19(25-26-23)29-17-13-10-14-20(27)30-22(4,5)6/h19,24H,7-18H2,1-6H3. The topological polar surface area (TPSA) is 106 Å². The van der Waals surface area contributed by atoms with Crippen molar-refractivity contribution >= 4 is 5.97 Å². The van der Waals surface area contributed by atoms with Crippen molar-refractivity contribution in [1.29, 1.82) is 0 Å². The van der Waals surface area contributed by atoms with Crippen LogP contribution in [-0.4, -0.2) is 49.7 Å². The van der Waals surface area contributed by atoms with Gasteiger partial charge in [0.2, 0.25) is 0 Å². The van der Waals surface area contributed by atoms with Gasteiger partial charge in [-0.25, -0.2) is 0 Å². The van der Waals surface area contributed by atoms with Gasteiger partial charge in [0.15, 0.2) is 6.23 Å². The van der Waals surface area contributed by atoms with Crippen LogP contribution in [0.2, 0.25) is 0 Å². The first-order valence-electron chi connectivity index (χ1n) is 11.2. The highest BCUT2D eigenvalue weighted by molar-refractivity contribution is 5.69. The molecule has 0 spiro atoms. The molecule has 0 aromatic carbocycles. The number of nitrogens with zero attached hydrogens (tertiary/aromatic N) is 3. The van der Waals surface area contributed by atoms with Gasteiger partial charge in [0.05, 0.1) is 6.61 Å². The Balaban J connectivity index is 3.67. The van der Waals surface area contributed by atoms with E-state index < -0.39 is 11.8 Å². The summed E-state index contributed by atoms with van der Waals surface area (Å²) in [6.07, 6.45) is 6.83. The van der Waals surface area contributed by atoms with Crippen LogP contribution in [0.1, 0.15) is 92.9 Å². The first kappa shape index (κ1) is 28.7. The third kappa shape index (κ3) is 21.4. The third-order valence-electron chi connectivity index (χ3n) is 4.07. The molecule has 0 radical (unpaired) electrons. The van der Waals surface area contributed by atoms with Gasteiger partial charge >= 0.3 is 5.97 Å². The average molecular weight is 429 g/mol. The monoisotopic (exact) mass is 428 g/mol. The second-order valence-electron chi connectivity index (χ2n) is 9.59. The number of unbranched alkanes of at least 4 members (excludes halogenated alkanes) is 5. The molecule has 30 heavy (non-hydrogen) atoms. The number of carbonyl (C=O) groups excluding carboxylic acids is 1. The molecule has 0 saturated carbocycles. The van der Waals surface area contributed by atoms with Gasteiger partial charge in [-0.15, -0.1) is 0 Å². The summed E-state index contributed by atoms with van der Waals surface area (Å²) in [5.74, 6) is -0.206. The maximum Gasteiger partial charge on any atom is 0.306 e. The largest absolute Gasteiger partial charge is 0.460 e. The van der Waals surface area contributed by atoms with Crippen LogP contribution >= 0.6 is 0 Å². The minimum atomic E-state index is -0.625. The fourth-order valence-electron chi connectivity index (χ4n) is 2.66. The molecule has 0 saturated heterocycles. The molecule has 0 bridgehead atoms. The third-order valence-corrected chi connectivity index (χ3v) is 4.07. The van der Waals surface area contributed by atoms with Gasteiger partial charge in [-0.05, 0) is 79.3 Å². The Kier molecular flexibility index (Phi) is 15.6. The van der Waals surface area contributed by atoms with E-state index in [0.29, 0.717) is 32.5 Å². The number of carbonyl (C=O) groups is 1. The molecule has 0 aliphatic heterocycles. The van der Waals surface area contributed by atoms with Crippen LogP contribution in [0.5, 0.6) is 0 Å². The van der Waals surface area contributed by atoms with E-state index in [1.54, 1.807) is 0 Å². The Morgan fingerprint density at radius 1 is 0.967 bits per heavy atom. The number of esters is 1. The smallest absolute Gasteiger partial charge is 0.306 e. The fraction of sp³-hybridized carbons (Fsp3) is 0.955. The van der Waals surface area contributed by atoms with Crippen LogP contribution in [0.15, 0.2) is 5.11 Å². The van der Waals surface area contributed by atoms with Gasteiger partial charge in [0.25, 0.3) is 0 Å². The highest BCUT2D eigenvalue weighted by atomic mass is 16.6. The lowest BCUT2D eigenvalue weighted by molar-refractivity contribution is -0.155. The van der Waals surface area contributed by atoms with Crippen LogP contribution in [-0.2, 0) is 19.0 Å². The molecule has 0 aromatic heterocycles. The molecule has 0 heterocycles. The van der Waals surface area contributed by atoms with Crippen molar-refractivity contribution in [3.8, 4) is 0 Å². The summed E-state index contributed by atoms with van der Waals surface area (Å²) in [4.78, 5) is 14.5. The highest BCUT2D eigenvalue weighted by Crippen LogP contribution is 2.10. The Hall–Kier alpha value is -1.34. The van der Waals surface area contributed by atoms with Crippen molar-refractivity contribution in [3.05, 3.63) is 10.4 Å². The van der Waals surface area contributed by atoms with E-state index in [1.165, 1.54) is 19.3 Å². The Morgan fingerprint density at radius 3 is 2.23 bits per heavy atom. The minimum absolute atomic E-state index is 0.191. The van der Waals surface area contributed by atoms with E-state index in [4.69, 9.17) is 19.7 Å².